The predicted octanol–water partition coefficient (Wildman–Crippen LogP) is 9.39. The largest absolute Gasteiger partial charge is 0.346 e. The van der Waals surface area contributed by atoms with E-state index >= 15 is 0 Å². The highest BCUT2D eigenvalue weighted by atomic mass is 16.2. The first-order valence-electron chi connectivity index (χ1n) is 27.6. The molecule has 6 amide bonds. The molecule has 6 rings (SSSR count). The molecule has 4 aromatic rings. The molecule has 2 fully saturated rings. The second-order valence-corrected chi connectivity index (χ2v) is 22.9. The van der Waals surface area contributed by atoms with Crippen LogP contribution in [0, 0.1) is 10.8 Å². The fourth-order valence-corrected chi connectivity index (χ4v) is 10.9. The van der Waals surface area contributed by atoms with E-state index in [4.69, 9.17) is 0 Å². The number of likely N-dealkylation sites (N-methyl/N-ethyl adjacent to an activating group) is 1. The maximum atomic E-state index is 14.4. The molecule has 0 aromatic heterocycles. The average Bonchev–Trinajstić information content (AvgIpc) is 4.07. The normalized spacial score (nSPS) is 16.5. The van der Waals surface area contributed by atoms with Crippen LogP contribution in [0.25, 0.3) is 22.3 Å². The molecule has 404 valence electrons. The summed E-state index contributed by atoms with van der Waals surface area (Å²) in [7, 11) is 1.71. The number of hydrogen-bond acceptors (Lipinski definition) is 7. The summed E-state index contributed by atoms with van der Waals surface area (Å²) in [5, 5.41) is 8.65. The smallest absolute Gasteiger partial charge is 0.246 e. The van der Waals surface area contributed by atoms with E-state index in [9.17, 15) is 28.8 Å². The molecule has 2 saturated heterocycles. The second-order valence-electron chi connectivity index (χ2n) is 22.9. The lowest BCUT2D eigenvalue weighted by atomic mass is 9.85. The van der Waals surface area contributed by atoms with Gasteiger partial charge in [0.2, 0.25) is 35.9 Å². The third-order valence-electron chi connectivity index (χ3n) is 14.9. The van der Waals surface area contributed by atoms with E-state index in [0.717, 1.165) is 97.6 Å². The molecule has 75 heavy (non-hydrogen) atoms. The van der Waals surface area contributed by atoms with Crippen molar-refractivity contribution in [1.82, 2.24) is 35.6 Å². The lowest BCUT2D eigenvalue weighted by Gasteiger charge is -2.37. The van der Waals surface area contributed by atoms with Crippen LogP contribution >= 0.6 is 0 Å². The number of hydrogen-bond donors (Lipinski definition) is 3. The first-order chi connectivity index (χ1) is 36.0. The number of nitrogens with zero attached hydrogens (tertiary/aromatic N) is 4. The number of carbonyl (C=O) groups is 6. The van der Waals surface area contributed by atoms with Gasteiger partial charge in [-0.05, 0) is 89.8 Å². The van der Waals surface area contributed by atoms with Gasteiger partial charge in [0.1, 0.15) is 12.1 Å². The van der Waals surface area contributed by atoms with Crippen molar-refractivity contribution >= 4 is 35.9 Å². The Kier molecular flexibility index (Phi) is 21.6. The maximum Gasteiger partial charge on any atom is 0.246 e. The number of amides is 6. The molecule has 0 aliphatic carbocycles. The van der Waals surface area contributed by atoms with Crippen LogP contribution < -0.4 is 16.0 Å². The minimum Gasteiger partial charge on any atom is -0.346 e. The number of rotatable bonds is 26. The SMILES string of the molecule is CNCC(=O)NC(C(=O)N1CCCC1CN(Cc1ccccc1-c1ccccc1)C(=O)CCCCCCCCC(=O)N(Cc1ccccc1-c1ccccc1)CC1CCCN1C(=O)[C@@H](NC=O)C(C)(C)C)C(C)(C)C. The van der Waals surface area contributed by atoms with Gasteiger partial charge in [-0.3, -0.25) is 28.8 Å². The van der Waals surface area contributed by atoms with E-state index in [2.05, 4.69) is 64.5 Å². The summed E-state index contributed by atoms with van der Waals surface area (Å²) in [5.74, 6) is -0.331. The lowest BCUT2D eigenvalue weighted by Crippen LogP contribution is -2.57. The van der Waals surface area contributed by atoms with Crippen LogP contribution in [0.1, 0.15) is 130 Å². The fourth-order valence-electron chi connectivity index (χ4n) is 10.9. The third kappa shape index (κ3) is 16.6. The van der Waals surface area contributed by atoms with Crippen molar-refractivity contribution in [3.8, 4) is 22.3 Å². The van der Waals surface area contributed by atoms with Crippen molar-refractivity contribution in [3.63, 3.8) is 0 Å². The summed E-state index contributed by atoms with van der Waals surface area (Å²) in [6, 6.07) is 35.1. The highest BCUT2D eigenvalue weighted by molar-refractivity contribution is 5.89. The summed E-state index contributed by atoms with van der Waals surface area (Å²) in [4.78, 5) is 89.2. The van der Waals surface area contributed by atoms with Gasteiger partial charge in [-0.2, -0.15) is 0 Å². The van der Waals surface area contributed by atoms with Gasteiger partial charge in [0, 0.05) is 64.2 Å². The fraction of sp³-hybridized carbons (Fsp3) is 0.516. The molecular formula is C62H85N7O6. The van der Waals surface area contributed by atoms with Gasteiger partial charge in [-0.1, -0.05) is 176 Å². The molecule has 0 radical (unpaired) electrons. The van der Waals surface area contributed by atoms with Crippen molar-refractivity contribution in [2.24, 2.45) is 10.8 Å². The molecule has 13 nitrogen and oxygen atoms in total. The second kappa shape index (κ2) is 28.0. The van der Waals surface area contributed by atoms with E-state index in [0.29, 0.717) is 58.5 Å². The molecule has 3 unspecified atom stereocenters. The molecule has 0 bridgehead atoms. The zero-order valence-corrected chi connectivity index (χ0v) is 46.0. The molecule has 4 atom stereocenters. The van der Waals surface area contributed by atoms with E-state index in [-0.39, 0.29) is 48.2 Å². The van der Waals surface area contributed by atoms with Crippen LogP contribution in [0.5, 0.6) is 0 Å². The standard InChI is InChI=1S/C62H85N7O6/c1-61(2,3)57(64-45-70)59(74)68-38-24-32-50(68)43-66(41-48-30-20-22-34-52(48)46-26-14-12-15-27-46)55(72)36-18-10-8-9-11-19-37-56(73)67(42-49-31-21-23-35-53(49)47-28-16-13-17-29-47)44-51-33-25-39-69(51)60(75)58(62(4,5)6)65-54(71)40-63-7/h12-17,20-23,26-31,34-35,45,50-51,57-58,63H,8-11,18-19,24-25,32-33,36-44H2,1-7H3,(H,64,70)(H,65,71)/t50?,51?,57-,58?/m1/s1. The van der Waals surface area contributed by atoms with Gasteiger partial charge >= 0.3 is 0 Å². The predicted molar refractivity (Wildman–Crippen MR) is 299 cm³/mol. The number of nitrogens with one attached hydrogen (secondary N) is 3. The van der Waals surface area contributed by atoms with Gasteiger partial charge in [0.15, 0.2) is 0 Å². The number of carbonyl (C=O) groups excluding carboxylic acids is 6. The van der Waals surface area contributed by atoms with E-state index in [1.165, 1.54) is 0 Å². The Bertz CT molecular complexity index is 2490. The molecule has 2 aliphatic rings. The average molecular weight is 1020 g/mol. The van der Waals surface area contributed by atoms with Gasteiger partial charge < -0.3 is 35.6 Å². The topological polar surface area (TPSA) is 151 Å². The number of unbranched alkanes of at least 4 members (excludes halogenated alkanes) is 5. The Labute approximate surface area is 447 Å². The van der Waals surface area contributed by atoms with Crippen molar-refractivity contribution in [3.05, 3.63) is 120 Å². The van der Waals surface area contributed by atoms with Crippen molar-refractivity contribution < 1.29 is 28.8 Å². The van der Waals surface area contributed by atoms with E-state index in [1.54, 1.807) is 7.05 Å². The molecule has 13 heteroatoms. The van der Waals surface area contributed by atoms with Gasteiger partial charge in [0.05, 0.1) is 6.54 Å². The lowest BCUT2D eigenvalue weighted by molar-refractivity contribution is -0.142. The molecule has 3 N–H and O–H groups in total. The van der Waals surface area contributed by atoms with Crippen LogP contribution in [0.2, 0.25) is 0 Å². The summed E-state index contributed by atoms with van der Waals surface area (Å²) in [6.07, 6.45) is 9.70. The molecule has 2 aliphatic heterocycles. The van der Waals surface area contributed by atoms with Crippen LogP contribution in [0.15, 0.2) is 109 Å². The Morgan fingerprint density at radius 1 is 0.573 bits per heavy atom. The number of benzene rings is 4. The summed E-state index contributed by atoms with van der Waals surface area (Å²) in [6.45, 7) is 14.7. The summed E-state index contributed by atoms with van der Waals surface area (Å²) >= 11 is 0. The third-order valence-corrected chi connectivity index (χ3v) is 14.9. The van der Waals surface area contributed by atoms with Crippen LogP contribution in [-0.4, -0.2) is 119 Å². The first-order valence-corrected chi connectivity index (χ1v) is 27.6. The summed E-state index contributed by atoms with van der Waals surface area (Å²) < 4.78 is 0. The molecule has 0 saturated carbocycles. The molecule has 2 heterocycles. The maximum absolute atomic E-state index is 14.4. The summed E-state index contributed by atoms with van der Waals surface area (Å²) in [5.41, 5.74) is 5.40. The highest BCUT2D eigenvalue weighted by Gasteiger charge is 2.42. The highest BCUT2D eigenvalue weighted by Crippen LogP contribution is 2.31. The Morgan fingerprint density at radius 2 is 0.973 bits per heavy atom. The minimum absolute atomic E-state index is 0.0582. The zero-order valence-electron chi connectivity index (χ0n) is 46.0. The van der Waals surface area contributed by atoms with Crippen molar-refractivity contribution in [1.29, 1.82) is 0 Å². The van der Waals surface area contributed by atoms with Gasteiger partial charge in [-0.15, -0.1) is 0 Å². The molecule has 4 aromatic carbocycles. The van der Waals surface area contributed by atoms with Crippen LogP contribution in [0.3, 0.4) is 0 Å². The van der Waals surface area contributed by atoms with Crippen LogP contribution in [-0.2, 0) is 41.9 Å². The van der Waals surface area contributed by atoms with Gasteiger partial charge in [0.25, 0.3) is 0 Å². The quantitative estimate of drug-likeness (QED) is 0.0419. The molecular weight excluding hydrogens is 939 g/mol. The van der Waals surface area contributed by atoms with E-state index < -0.39 is 22.9 Å². The molecule has 0 spiro atoms. The van der Waals surface area contributed by atoms with Crippen molar-refractivity contribution in [2.75, 3.05) is 39.8 Å². The minimum atomic E-state index is -0.707. The number of likely N-dealkylation sites (tertiary alicyclic amines) is 2. The van der Waals surface area contributed by atoms with E-state index in [1.807, 2.05) is 122 Å². The Balaban J connectivity index is 1.08. The Morgan fingerprint density at radius 3 is 1.39 bits per heavy atom. The Hall–Kier alpha value is -6.34. The van der Waals surface area contributed by atoms with Crippen molar-refractivity contribution in [2.45, 2.75) is 156 Å². The monoisotopic (exact) mass is 1020 g/mol. The first kappa shape index (κ1) is 57.9. The van der Waals surface area contributed by atoms with Crippen LogP contribution in [0.4, 0.5) is 0 Å². The zero-order chi connectivity index (χ0) is 54.0. The van der Waals surface area contributed by atoms with Gasteiger partial charge in [-0.25, -0.2) is 0 Å².